The molecule has 6 nitrogen and oxygen atoms in total. The van der Waals surface area contributed by atoms with E-state index < -0.39 is 10.8 Å². The molecule has 1 unspecified atom stereocenters. The van der Waals surface area contributed by atoms with Crippen molar-refractivity contribution in [3.8, 4) is 0 Å². The van der Waals surface area contributed by atoms with Crippen molar-refractivity contribution in [2.24, 2.45) is 5.92 Å². The van der Waals surface area contributed by atoms with E-state index in [0.29, 0.717) is 12.2 Å². The minimum Gasteiger partial charge on any atom is -0.385 e. The quantitative estimate of drug-likeness (QED) is 0.597. The number of carbonyl (C=O) groups excluding carboxylic acids is 1. The van der Waals surface area contributed by atoms with Gasteiger partial charge in [-0.2, -0.15) is 0 Å². The number of carbonyl (C=O) groups is 1. The van der Waals surface area contributed by atoms with Crippen molar-refractivity contribution < 1.29 is 9.72 Å². The number of hydrogen-bond donors (Lipinski definition) is 2. The molecule has 6 heteroatoms. The predicted octanol–water partition coefficient (Wildman–Crippen LogP) is 3.19. The highest BCUT2D eigenvalue weighted by molar-refractivity contribution is 5.99. The van der Waals surface area contributed by atoms with Crippen molar-refractivity contribution in [2.45, 2.75) is 40.2 Å². The number of rotatable bonds is 7. The number of nitrogens with one attached hydrogen (secondary N) is 2. The molecule has 1 aromatic carbocycles. The molecule has 0 aromatic heterocycles. The number of benzene rings is 1. The molecule has 1 amide bonds. The fraction of sp³-hybridized carbons (Fsp3) is 0.533. The van der Waals surface area contributed by atoms with Crippen molar-refractivity contribution in [1.29, 1.82) is 0 Å². The van der Waals surface area contributed by atoms with Gasteiger partial charge in [0.05, 0.1) is 4.92 Å². The van der Waals surface area contributed by atoms with E-state index in [1.807, 2.05) is 27.7 Å². The minimum atomic E-state index is -0.527. The van der Waals surface area contributed by atoms with Crippen molar-refractivity contribution >= 4 is 17.3 Å². The van der Waals surface area contributed by atoms with E-state index in [1.165, 1.54) is 12.1 Å². The number of amides is 1. The summed E-state index contributed by atoms with van der Waals surface area (Å²) in [5.74, 6) is -0.128. The van der Waals surface area contributed by atoms with Crippen LogP contribution >= 0.6 is 0 Å². The van der Waals surface area contributed by atoms with Gasteiger partial charge in [0.15, 0.2) is 0 Å². The molecule has 21 heavy (non-hydrogen) atoms. The van der Waals surface area contributed by atoms with Crippen molar-refractivity contribution in [1.82, 2.24) is 5.32 Å². The Morgan fingerprint density at radius 2 is 2.00 bits per heavy atom. The predicted molar refractivity (Wildman–Crippen MR) is 83.6 cm³/mol. The monoisotopic (exact) mass is 293 g/mol. The molecule has 0 saturated carbocycles. The molecule has 0 bridgehead atoms. The summed E-state index contributed by atoms with van der Waals surface area (Å²) in [6.45, 7) is 8.61. The summed E-state index contributed by atoms with van der Waals surface area (Å²) in [7, 11) is 0. The van der Waals surface area contributed by atoms with Crippen LogP contribution in [0.25, 0.3) is 0 Å². The largest absolute Gasteiger partial charge is 0.385 e. The van der Waals surface area contributed by atoms with Crippen LogP contribution in [0, 0.1) is 16.0 Å². The van der Waals surface area contributed by atoms with E-state index >= 15 is 0 Å². The second kappa shape index (κ2) is 7.61. The summed E-state index contributed by atoms with van der Waals surface area (Å²) >= 11 is 0. The van der Waals surface area contributed by atoms with E-state index in [1.54, 1.807) is 6.07 Å². The van der Waals surface area contributed by atoms with Gasteiger partial charge < -0.3 is 10.6 Å². The van der Waals surface area contributed by atoms with E-state index in [2.05, 4.69) is 10.6 Å². The third-order valence-corrected chi connectivity index (χ3v) is 3.38. The number of nitro benzene ring substituents is 1. The zero-order chi connectivity index (χ0) is 16.0. The molecule has 0 aliphatic rings. The normalized spacial score (nSPS) is 12.0. The second-order valence-corrected chi connectivity index (χ2v) is 5.25. The van der Waals surface area contributed by atoms with E-state index in [-0.39, 0.29) is 23.2 Å². The maximum atomic E-state index is 12.4. The lowest BCUT2D eigenvalue weighted by molar-refractivity contribution is -0.385. The smallest absolute Gasteiger partial charge is 0.282 e. The summed E-state index contributed by atoms with van der Waals surface area (Å²) in [6, 6.07) is 4.51. The lowest BCUT2D eigenvalue weighted by Crippen LogP contribution is -2.38. The van der Waals surface area contributed by atoms with Crippen LogP contribution in [0.5, 0.6) is 0 Å². The highest BCUT2D eigenvalue weighted by Gasteiger charge is 2.23. The van der Waals surface area contributed by atoms with Gasteiger partial charge in [-0.15, -0.1) is 0 Å². The van der Waals surface area contributed by atoms with Crippen LogP contribution in [0.1, 0.15) is 44.5 Å². The molecule has 0 fully saturated rings. The van der Waals surface area contributed by atoms with Gasteiger partial charge in [-0.25, -0.2) is 0 Å². The molecule has 0 heterocycles. The Hall–Kier alpha value is -2.11. The SMILES string of the molecule is CCNc1ccc([N+](=O)[O-])c(C(=O)NC(CC)C(C)C)c1. The summed E-state index contributed by atoms with van der Waals surface area (Å²) < 4.78 is 0. The van der Waals surface area contributed by atoms with E-state index in [4.69, 9.17) is 0 Å². The summed E-state index contributed by atoms with van der Waals surface area (Å²) in [6.07, 6.45) is 0.782. The number of hydrogen-bond acceptors (Lipinski definition) is 4. The molecule has 0 aliphatic carbocycles. The van der Waals surface area contributed by atoms with Crippen LogP contribution in [-0.2, 0) is 0 Å². The summed E-state index contributed by atoms with van der Waals surface area (Å²) in [4.78, 5) is 22.9. The van der Waals surface area contributed by atoms with Crippen LogP contribution in [0.4, 0.5) is 11.4 Å². The first-order chi connectivity index (χ1) is 9.90. The molecular formula is C15H23N3O3. The molecule has 0 saturated heterocycles. The fourth-order valence-electron chi connectivity index (χ4n) is 2.18. The highest BCUT2D eigenvalue weighted by atomic mass is 16.6. The van der Waals surface area contributed by atoms with Gasteiger partial charge in [0.1, 0.15) is 5.56 Å². The van der Waals surface area contributed by atoms with Gasteiger partial charge >= 0.3 is 0 Å². The highest BCUT2D eigenvalue weighted by Crippen LogP contribution is 2.23. The van der Waals surface area contributed by atoms with Crippen LogP contribution in [0.15, 0.2) is 18.2 Å². The van der Waals surface area contributed by atoms with Gasteiger partial charge in [-0.1, -0.05) is 20.8 Å². The molecule has 0 spiro atoms. The lowest BCUT2D eigenvalue weighted by atomic mass is 10.0. The Kier molecular flexibility index (Phi) is 6.14. The third kappa shape index (κ3) is 4.44. The molecule has 0 radical (unpaired) electrons. The van der Waals surface area contributed by atoms with Gasteiger partial charge in [0, 0.05) is 24.3 Å². The standard InChI is InChI=1S/C15H23N3O3/c1-5-13(10(3)4)17-15(19)12-9-11(16-6-2)7-8-14(12)18(20)21/h7-10,13,16H,5-6H2,1-4H3,(H,17,19). The topological polar surface area (TPSA) is 84.3 Å². The second-order valence-electron chi connectivity index (χ2n) is 5.25. The van der Waals surface area contributed by atoms with Gasteiger partial charge in [0.2, 0.25) is 0 Å². The molecular weight excluding hydrogens is 270 g/mol. The van der Waals surface area contributed by atoms with Gasteiger partial charge in [-0.3, -0.25) is 14.9 Å². The Bertz CT molecular complexity index is 515. The Morgan fingerprint density at radius 1 is 1.33 bits per heavy atom. The van der Waals surface area contributed by atoms with Gasteiger partial charge in [-0.05, 0) is 31.4 Å². The number of nitrogens with zero attached hydrogens (tertiary/aromatic N) is 1. The van der Waals surface area contributed by atoms with Crippen molar-refractivity contribution in [3.05, 3.63) is 33.9 Å². The van der Waals surface area contributed by atoms with E-state index in [0.717, 1.165) is 6.42 Å². The fourth-order valence-corrected chi connectivity index (χ4v) is 2.18. The molecule has 2 N–H and O–H groups in total. The molecule has 1 atom stereocenters. The Morgan fingerprint density at radius 3 is 2.48 bits per heavy atom. The maximum Gasteiger partial charge on any atom is 0.282 e. The first-order valence-electron chi connectivity index (χ1n) is 7.23. The van der Waals surface area contributed by atoms with Crippen LogP contribution in [0.2, 0.25) is 0 Å². The zero-order valence-electron chi connectivity index (χ0n) is 13.0. The number of anilines is 1. The van der Waals surface area contributed by atoms with Gasteiger partial charge in [0.25, 0.3) is 11.6 Å². The average molecular weight is 293 g/mol. The molecule has 1 rings (SSSR count). The first kappa shape index (κ1) is 16.9. The maximum absolute atomic E-state index is 12.4. The summed E-state index contributed by atoms with van der Waals surface area (Å²) in [5.41, 5.74) is 0.621. The van der Waals surface area contributed by atoms with Crippen molar-refractivity contribution in [2.75, 3.05) is 11.9 Å². The molecule has 1 aromatic rings. The minimum absolute atomic E-state index is 0.0000977. The average Bonchev–Trinajstić information content (AvgIpc) is 2.44. The zero-order valence-corrected chi connectivity index (χ0v) is 13.0. The van der Waals surface area contributed by atoms with Crippen LogP contribution < -0.4 is 10.6 Å². The van der Waals surface area contributed by atoms with Crippen molar-refractivity contribution in [3.63, 3.8) is 0 Å². The Balaban J connectivity index is 3.10. The lowest BCUT2D eigenvalue weighted by Gasteiger charge is -2.20. The number of nitro groups is 1. The summed E-state index contributed by atoms with van der Waals surface area (Å²) in [5, 5.41) is 17.0. The molecule has 116 valence electrons. The third-order valence-electron chi connectivity index (χ3n) is 3.38. The van der Waals surface area contributed by atoms with Crippen LogP contribution in [-0.4, -0.2) is 23.4 Å². The Labute approximate surface area is 125 Å². The molecule has 0 aliphatic heterocycles. The van der Waals surface area contributed by atoms with E-state index in [9.17, 15) is 14.9 Å². The first-order valence-corrected chi connectivity index (χ1v) is 7.23. The van der Waals surface area contributed by atoms with Crippen LogP contribution in [0.3, 0.4) is 0 Å².